The molecule has 0 fully saturated rings. The van der Waals surface area contributed by atoms with Crippen molar-refractivity contribution in [3.8, 4) is 10.6 Å². The third-order valence-electron chi connectivity index (χ3n) is 3.24. The lowest BCUT2D eigenvalue weighted by atomic mass is 10.2. The lowest BCUT2D eigenvalue weighted by Gasteiger charge is -2.04. The van der Waals surface area contributed by atoms with E-state index in [0.29, 0.717) is 0 Å². The van der Waals surface area contributed by atoms with Crippen molar-refractivity contribution in [2.75, 3.05) is 5.32 Å². The van der Waals surface area contributed by atoms with Gasteiger partial charge in [-0.25, -0.2) is 9.18 Å². The highest BCUT2D eigenvalue weighted by atomic mass is 32.1. The van der Waals surface area contributed by atoms with Crippen LogP contribution in [0.2, 0.25) is 0 Å². The van der Waals surface area contributed by atoms with E-state index in [1.165, 1.54) is 12.1 Å². The summed E-state index contributed by atoms with van der Waals surface area (Å²) in [6.45, 7) is 0.0926. The normalized spacial score (nSPS) is 10.3. The van der Waals surface area contributed by atoms with Crippen molar-refractivity contribution < 1.29 is 18.8 Å². The number of rotatable bonds is 5. The van der Waals surface area contributed by atoms with Gasteiger partial charge in [-0.1, -0.05) is 41.7 Å². The lowest BCUT2D eigenvalue weighted by molar-refractivity contribution is -0.385. The van der Waals surface area contributed by atoms with Crippen LogP contribution >= 0.6 is 11.3 Å². The van der Waals surface area contributed by atoms with E-state index in [9.17, 15) is 19.3 Å². The minimum atomic E-state index is -0.798. The number of benzene rings is 2. The maximum absolute atomic E-state index is 14.0. The Balaban J connectivity index is 1.64. The van der Waals surface area contributed by atoms with Crippen LogP contribution in [0, 0.1) is 15.9 Å². The van der Waals surface area contributed by atoms with Gasteiger partial charge in [0.2, 0.25) is 5.13 Å². The molecule has 1 N–H and O–H groups in total. The summed E-state index contributed by atoms with van der Waals surface area (Å²) in [4.78, 5) is 21.7. The number of ether oxygens (including phenoxy) is 1. The molecule has 0 aliphatic heterocycles. The molecule has 2 aromatic carbocycles. The highest BCUT2D eigenvalue weighted by molar-refractivity contribution is 7.18. The molecule has 3 rings (SSSR count). The molecule has 10 heteroatoms. The van der Waals surface area contributed by atoms with E-state index < -0.39 is 16.8 Å². The summed E-state index contributed by atoms with van der Waals surface area (Å²) >= 11 is 0.920. The minimum absolute atomic E-state index is 0.0544. The number of nitrogens with zero attached hydrogens (tertiary/aromatic N) is 3. The quantitative estimate of drug-likeness (QED) is 0.534. The summed E-state index contributed by atoms with van der Waals surface area (Å²) in [6, 6.07) is 12.3. The molecule has 0 bridgehead atoms. The maximum atomic E-state index is 14.0. The van der Waals surface area contributed by atoms with Gasteiger partial charge in [0.1, 0.15) is 12.4 Å². The van der Waals surface area contributed by atoms with Gasteiger partial charge in [0.05, 0.1) is 11.0 Å². The van der Waals surface area contributed by atoms with Gasteiger partial charge in [-0.15, -0.1) is 10.2 Å². The Hall–Kier alpha value is -3.40. The average molecular weight is 374 g/mol. The molecule has 3 aromatic rings. The molecule has 1 aromatic heterocycles. The Bertz CT molecular complexity index is 948. The zero-order valence-electron chi connectivity index (χ0n) is 13.1. The largest absolute Gasteiger partial charge is 0.444 e. The Labute approximate surface area is 150 Å². The third-order valence-corrected chi connectivity index (χ3v) is 4.11. The highest BCUT2D eigenvalue weighted by Crippen LogP contribution is 2.30. The molecule has 0 aliphatic rings. The second-order valence-corrected chi connectivity index (χ2v) is 6.00. The average Bonchev–Trinajstić information content (AvgIpc) is 3.08. The second kappa shape index (κ2) is 7.66. The van der Waals surface area contributed by atoms with E-state index in [-0.39, 0.29) is 28.0 Å². The standard InChI is InChI=1S/C16H11FN4O4S/c17-13-8-11(21(23)24)6-7-12(13)14-19-20-15(26-14)18-16(22)25-9-10-4-2-1-3-5-10/h1-8H,9H2,(H,18,20,22). The first-order valence-electron chi connectivity index (χ1n) is 7.28. The van der Waals surface area contributed by atoms with Crippen molar-refractivity contribution >= 4 is 28.2 Å². The number of carbonyl (C=O) groups excluding carboxylic acids is 1. The summed E-state index contributed by atoms with van der Waals surface area (Å²) in [5.74, 6) is -0.798. The second-order valence-electron chi connectivity index (χ2n) is 5.02. The number of nitrogens with one attached hydrogen (secondary N) is 1. The molecule has 0 atom stereocenters. The summed E-state index contributed by atoms with van der Waals surface area (Å²) < 4.78 is 19.1. The summed E-state index contributed by atoms with van der Waals surface area (Å²) in [5.41, 5.74) is 0.519. The van der Waals surface area contributed by atoms with Crippen LogP contribution in [0.4, 0.5) is 20.0 Å². The zero-order valence-corrected chi connectivity index (χ0v) is 13.9. The Morgan fingerprint density at radius 3 is 2.69 bits per heavy atom. The summed E-state index contributed by atoms with van der Waals surface area (Å²) in [6.07, 6.45) is -0.722. The predicted molar refractivity (Wildman–Crippen MR) is 92.2 cm³/mol. The van der Waals surface area contributed by atoms with Gasteiger partial charge in [-0.2, -0.15) is 0 Å². The molecule has 1 amide bonds. The monoisotopic (exact) mass is 374 g/mol. The van der Waals surface area contributed by atoms with Crippen LogP contribution < -0.4 is 5.32 Å². The minimum Gasteiger partial charge on any atom is -0.444 e. The topological polar surface area (TPSA) is 107 Å². The fourth-order valence-electron chi connectivity index (χ4n) is 2.02. The molecule has 8 nitrogen and oxygen atoms in total. The third kappa shape index (κ3) is 4.16. The van der Waals surface area contributed by atoms with Crippen LogP contribution in [-0.2, 0) is 11.3 Å². The first-order valence-corrected chi connectivity index (χ1v) is 8.10. The Morgan fingerprint density at radius 1 is 1.23 bits per heavy atom. The van der Waals surface area contributed by atoms with E-state index in [1.54, 1.807) is 0 Å². The number of hydrogen-bond donors (Lipinski definition) is 1. The van der Waals surface area contributed by atoms with E-state index in [0.717, 1.165) is 23.0 Å². The van der Waals surface area contributed by atoms with Gasteiger partial charge in [0, 0.05) is 11.6 Å². The van der Waals surface area contributed by atoms with Gasteiger partial charge in [-0.3, -0.25) is 15.4 Å². The van der Waals surface area contributed by atoms with Crippen LogP contribution in [0.25, 0.3) is 10.6 Å². The number of nitro groups is 1. The molecule has 0 spiro atoms. The smallest absolute Gasteiger partial charge is 0.413 e. The number of carbonyl (C=O) groups is 1. The molecule has 0 saturated carbocycles. The maximum Gasteiger partial charge on any atom is 0.413 e. The molecule has 1 heterocycles. The molecule has 0 unspecified atom stereocenters. The van der Waals surface area contributed by atoms with Crippen molar-refractivity contribution in [2.24, 2.45) is 0 Å². The summed E-state index contributed by atoms with van der Waals surface area (Å²) in [5, 5.41) is 20.9. The number of hydrogen-bond acceptors (Lipinski definition) is 7. The molecular weight excluding hydrogens is 363 g/mol. The molecule has 132 valence electrons. The first kappa shape index (κ1) is 17.4. The van der Waals surface area contributed by atoms with Gasteiger partial charge in [0.15, 0.2) is 5.01 Å². The van der Waals surface area contributed by atoms with Crippen LogP contribution in [0.3, 0.4) is 0 Å². The van der Waals surface area contributed by atoms with Gasteiger partial charge in [0.25, 0.3) is 5.69 Å². The fraction of sp³-hybridized carbons (Fsp3) is 0.0625. The van der Waals surface area contributed by atoms with Crippen LogP contribution in [-0.4, -0.2) is 21.2 Å². The number of halogens is 1. The van der Waals surface area contributed by atoms with Gasteiger partial charge < -0.3 is 4.74 Å². The molecule has 0 aliphatic carbocycles. The predicted octanol–water partition coefficient (Wildman–Crippen LogP) is 4.00. The van der Waals surface area contributed by atoms with Gasteiger partial charge >= 0.3 is 6.09 Å². The molecular formula is C16H11FN4O4S. The van der Waals surface area contributed by atoms with Crippen LogP contribution in [0.1, 0.15) is 5.56 Å². The van der Waals surface area contributed by atoms with Crippen molar-refractivity contribution in [3.05, 3.63) is 70.0 Å². The SMILES string of the molecule is O=C(Nc1nnc(-c2ccc([N+](=O)[O-])cc2F)s1)OCc1ccccc1. The zero-order chi connectivity index (χ0) is 18.5. The van der Waals surface area contributed by atoms with Crippen molar-refractivity contribution in [1.82, 2.24) is 10.2 Å². The Morgan fingerprint density at radius 2 is 2.00 bits per heavy atom. The van der Waals surface area contributed by atoms with E-state index in [2.05, 4.69) is 15.5 Å². The van der Waals surface area contributed by atoms with Crippen molar-refractivity contribution in [3.63, 3.8) is 0 Å². The van der Waals surface area contributed by atoms with E-state index in [1.807, 2.05) is 30.3 Å². The molecule has 0 saturated heterocycles. The molecule has 26 heavy (non-hydrogen) atoms. The molecule has 0 radical (unpaired) electrons. The fourth-order valence-corrected chi connectivity index (χ4v) is 2.78. The van der Waals surface area contributed by atoms with Gasteiger partial charge in [-0.05, 0) is 11.6 Å². The van der Waals surface area contributed by atoms with E-state index >= 15 is 0 Å². The van der Waals surface area contributed by atoms with Crippen molar-refractivity contribution in [2.45, 2.75) is 6.61 Å². The number of nitro benzene ring substituents is 1. The summed E-state index contributed by atoms with van der Waals surface area (Å²) in [7, 11) is 0. The van der Waals surface area contributed by atoms with Crippen LogP contribution in [0.15, 0.2) is 48.5 Å². The first-order chi connectivity index (χ1) is 12.5. The van der Waals surface area contributed by atoms with Crippen LogP contribution in [0.5, 0.6) is 0 Å². The van der Waals surface area contributed by atoms with E-state index in [4.69, 9.17) is 4.74 Å². The number of amides is 1. The Kier molecular flexibility index (Phi) is 5.13. The number of non-ortho nitro benzene ring substituents is 1. The number of anilines is 1. The highest BCUT2D eigenvalue weighted by Gasteiger charge is 2.16. The number of aromatic nitrogens is 2. The van der Waals surface area contributed by atoms with Crippen molar-refractivity contribution in [1.29, 1.82) is 0 Å². The lowest BCUT2D eigenvalue weighted by Crippen LogP contribution is -2.13.